The van der Waals surface area contributed by atoms with Crippen LogP contribution in [0.2, 0.25) is 0 Å². The molecule has 3 aromatic rings. The molecule has 0 saturated carbocycles. The molecule has 0 atom stereocenters. The Morgan fingerprint density at radius 1 is 1.18 bits per heavy atom. The summed E-state index contributed by atoms with van der Waals surface area (Å²) in [5.41, 5.74) is -0.219. The van der Waals surface area contributed by atoms with Crippen LogP contribution >= 0.6 is 0 Å². The number of para-hydroxylation sites is 1. The maximum absolute atomic E-state index is 14.2. The van der Waals surface area contributed by atoms with Gasteiger partial charge in [-0.3, -0.25) is 4.79 Å². The van der Waals surface area contributed by atoms with Crippen LogP contribution in [0.3, 0.4) is 0 Å². The summed E-state index contributed by atoms with van der Waals surface area (Å²) in [6.45, 7) is 2.00. The molecule has 0 unspecified atom stereocenters. The molecule has 3 rings (SSSR count). The molecule has 6 heteroatoms. The summed E-state index contributed by atoms with van der Waals surface area (Å²) in [6.07, 6.45) is 0. The Morgan fingerprint density at radius 3 is 2.73 bits per heavy atom. The summed E-state index contributed by atoms with van der Waals surface area (Å²) >= 11 is 0. The van der Waals surface area contributed by atoms with Crippen molar-refractivity contribution in [1.82, 2.24) is 9.97 Å². The van der Waals surface area contributed by atoms with Gasteiger partial charge in [0, 0.05) is 0 Å². The Labute approximate surface area is 124 Å². The van der Waals surface area contributed by atoms with Gasteiger partial charge in [-0.2, -0.15) is 0 Å². The molecule has 0 bridgehead atoms. The van der Waals surface area contributed by atoms with Gasteiger partial charge >= 0.3 is 0 Å². The van der Waals surface area contributed by atoms with Crippen molar-refractivity contribution >= 4 is 10.9 Å². The highest BCUT2D eigenvalue weighted by atomic mass is 19.2. The fourth-order valence-electron chi connectivity index (χ4n) is 2.23. The number of aromatic amines is 1. The van der Waals surface area contributed by atoms with Gasteiger partial charge < -0.3 is 9.72 Å². The van der Waals surface area contributed by atoms with Gasteiger partial charge in [0.05, 0.1) is 23.1 Å². The summed E-state index contributed by atoms with van der Waals surface area (Å²) in [5.74, 6) is -2.08. The van der Waals surface area contributed by atoms with Crippen LogP contribution in [0.1, 0.15) is 6.92 Å². The molecule has 2 aromatic carbocycles. The third kappa shape index (κ3) is 2.32. The number of nitrogens with zero attached hydrogens (tertiary/aromatic N) is 1. The number of halogens is 2. The summed E-state index contributed by atoms with van der Waals surface area (Å²) in [5, 5.41) is 0.376. The van der Waals surface area contributed by atoms with Crippen LogP contribution in [0.25, 0.3) is 22.3 Å². The lowest BCUT2D eigenvalue weighted by Crippen LogP contribution is -2.11. The zero-order valence-electron chi connectivity index (χ0n) is 11.7. The molecule has 0 fully saturated rings. The van der Waals surface area contributed by atoms with Crippen molar-refractivity contribution in [2.45, 2.75) is 6.92 Å². The SMILES string of the molecule is CCOc1ccc(F)c(F)c1-c1nc2ccccc2c(=O)[nH]1. The second kappa shape index (κ2) is 5.55. The summed E-state index contributed by atoms with van der Waals surface area (Å²) < 4.78 is 33.0. The topological polar surface area (TPSA) is 55.0 Å². The lowest BCUT2D eigenvalue weighted by atomic mass is 10.1. The molecule has 0 saturated heterocycles. The van der Waals surface area contributed by atoms with E-state index in [2.05, 4.69) is 9.97 Å². The highest BCUT2D eigenvalue weighted by Crippen LogP contribution is 2.32. The predicted octanol–water partition coefficient (Wildman–Crippen LogP) is 3.27. The zero-order chi connectivity index (χ0) is 15.7. The minimum absolute atomic E-state index is 0.0656. The summed E-state index contributed by atoms with van der Waals surface area (Å²) in [4.78, 5) is 18.8. The summed E-state index contributed by atoms with van der Waals surface area (Å²) in [6, 6.07) is 8.94. The molecule has 0 amide bonds. The van der Waals surface area contributed by atoms with E-state index in [4.69, 9.17) is 4.74 Å². The Morgan fingerprint density at radius 2 is 1.95 bits per heavy atom. The lowest BCUT2D eigenvalue weighted by molar-refractivity contribution is 0.338. The Bertz CT molecular complexity index is 906. The van der Waals surface area contributed by atoms with E-state index in [0.717, 1.165) is 6.07 Å². The molecule has 0 aliphatic heterocycles. The third-order valence-corrected chi connectivity index (χ3v) is 3.21. The van der Waals surface area contributed by atoms with E-state index in [9.17, 15) is 13.6 Å². The molecular weight excluding hydrogens is 290 g/mol. The van der Waals surface area contributed by atoms with Crippen LogP contribution in [0.5, 0.6) is 5.75 Å². The van der Waals surface area contributed by atoms with E-state index in [1.165, 1.54) is 6.07 Å². The molecule has 1 N–H and O–H groups in total. The Balaban J connectivity index is 2.31. The maximum Gasteiger partial charge on any atom is 0.259 e. The molecule has 1 aromatic heterocycles. The second-order valence-corrected chi connectivity index (χ2v) is 4.60. The number of rotatable bonds is 3. The first-order valence-electron chi connectivity index (χ1n) is 6.72. The fraction of sp³-hybridized carbons (Fsp3) is 0.125. The van der Waals surface area contributed by atoms with Crippen LogP contribution in [0, 0.1) is 11.6 Å². The molecule has 112 valence electrons. The third-order valence-electron chi connectivity index (χ3n) is 3.21. The Hall–Kier alpha value is -2.76. The van der Waals surface area contributed by atoms with E-state index >= 15 is 0 Å². The minimum atomic E-state index is -1.11. The lowest BCUT2D eigenvalue weighted by Gasteiger charge is -2.11. The van der Waals surface area contributed by atoms with Crippen molar-refractivity contribution in [3.05, 3.63) is 58.4 Å². The van der Waals surface area contributed by atoms with Crippen LogP contribution in [0.4, 0.5) is 8.78 Å². The van der Waals surface area contributed by atoms with Crippen molar-refractivity contribution in [2.24, 2.45) is 0 Å². The fourth-order valence-corrected chi connectivity index (χ4v) is 2.23. The second-order valence-electron chi connectivity index (χ2n) is 4.60. The Kier molecular flexibility index (Phi) is 3.58. The average Bonchev–Trinajstić information content (AvgIpc) is 2.51. The van der Waals surface area contributed by atoms with Crippen molar-refractivity contribution in [2.75, 3.05) is 6.61 Å². The number of aromatic nitrogens is 2. The number of hydrogen-bond acceptors (Lipinski definition) is 3. The first-order valence-corrected chi connectivity index (χ1v) is 6.72. The zero-order valence-corrected chi connectivity index (χ0v) is 11.7. The quantitative estimate of drug-likeness (QED) is 0.808. The minimum Gasteiger partial charge on any atom is -0.493 e. The van der Waals surface area contributed by atoms with Crippen LogP contribution in [-0.4, -0.2) is 16.6 Å². The van der Waals surface area contributed by atoms with Crippen LogP contribution in [-0.2, 0) is 0 Å². The van der Waals surface area contributed by atoms with Crippen LogP contribution in [0.15, 0.2) is 41.2 Å². The molecule has 1 heterocycles. The number of fused-ring (bicyclic) bond motifs is 1. The highest BCUT2D eigenvalue weighted by Gasteiger charge is 2.19. The number of ether oxygens (including phenoxy) is 1. The number of H-pyrrole nitrogens is 1. The van der Waals surface area contributed by atoms with Gasteiger partial charge in [0.25, 0.3) is 5.56 Å². The highest BCUT2D eigenvalue weighted by molar-refractivity contribution is 5.80. The molecule has 22 heavy (non-hydrogen) atoms. The van der Waals surface area contributed by atoms with Gasteiger partial charge in [0.2, 0.25) is 0 Å². The van der Waals surface area contributed by atoms with E-state index in [1.54, 1.807) is 31.2 Å². The normalized spacial score (nSPS) is 10.9. The number of benzene rings is 2. The molecule has 0 radical (unpaired) electrons. The molecule has 0 aliphatic carbocycles. The van der Waals surface area contributed by atoms with Crippen molar-refractivity contribution in [3.8, 4) is 17.1 Å². The number of hydrogen-bond donors (Lipinski definition) is 1. The van der Waals surface area contributed by atoms with Crippen molar-refractivity contribution in [3.63, 3.8) is 0 Å². The molecule has 0 aliphatic rings. The maximum atomic E-state index is 14.2. The van der Waals surface area contributed by atoms with Crippen molar-refractivity contribution < 1.29 is 13.5 Å². The van der Waals surface area contributed by atoms with Crippen molar-refractivity contribution in [1.29, 1.82) is 0 Å². The van der Waals surface area contributed by atoms with Gasteiger partial charge in [-0.25, -0.2) is 13.8 Å². The predicted molar refractivity (Wildman–Crippen MR) is 78.9 cm³/mol. The summed E-state index contributed by atoms with van der Waals surface area (Å²) in [7, 11) is 0. The smallest absolute Gasteiger partial charge is 0.259 e. The van der Waals surface area contributed by atoms with Gasteiger partial charge in [0.15, 0.2) is 11.6 Å². The number of nitrogens with one attached hydrogen (secondary N) is 1. The van der Waals surface area contributed by atoms with E-state index < -0.39 is 17.2 Å². The van der Waals surface area contributed by atoms with Gasteiger partial charge in [-0.05, 0) is 31.2 Å². The monoisotopic (exact) mass is 302 g/mol. The van der Waals surface area contributed by atoms with E-state index in [0.29, 0.717) is 10.9 Å². The van der Waals surface area contributed by atoms with Crippen LogP contribution < -0.4 is 10.3 Å². The molecule has 0 spiro atoms. The standard InChI is InChI=1S/C16H12F2N2O2/c1-2-22-12-8-7-10(17)14(18)13(12)15-19-11-6-4-3-5-9(11)16(21)20-15/h3-8H,2H2,1H3,(H,19,20,21). The average molecular weight is 302 g/mol. The van der Waals surface area contributed by atoms with E-state index in [1.807, 2.05) is 0 Å². The first-order chi connectivity index (χ1) is 10.6. The molecular formula is C16H12F2N2O2. The largest absolute Gasteiger partial charge is 0.493 e. The van der Waals surface area contributed by atoms with Gasteiger partial charge in [-0.15, -0.1) is 0 Å². The van der Waals surface area contributed by atoms with Gasteiger partial charge in [-0.1, -0.05) is 12.1 Å². The first kappa shape index (κ1) is 14.2. The van der Waals surface area contributed by atoms with E-state index in [-0.39, 0.29) is 23.7 Å². The molecule has 4 nitrogen and oxygen atoms in total. The van der Waals surface area contributed by atoms with Gasteiger partial charge in [0.1, 0.15) is 11.6 Å².